The maximum absolute atomic E-state index is 8.42. The van der Waals surface area contributed by atoms with Gasteiger partial charge in [0.1, 0.15) is 11.2 Å². The SMILES string of the molecule is [2H]c1c([2H])c([2H])c(-c2ccc(-c3ccc(N(c4ccc(-c5cccc6c5oc5ccccc56)cc4)c4cccc(-c5cccc6ccccc56)c4)cc3)cc2)c([2H])c1[2H]. The fourth-order valence-corrected chi connectivity index (χ4v) is 7.53. The summed E-state index contributed by atoms with van der Waals surface area (Å²) in [7, 11) is 0. The Hall–Kier alpha value is -7.16. The number of hydrogen-bond acceptors (Lipinski definition) is 2. The number of furan rings is 1. The number of anilines is 3. The van der Waals surface area contributed by atoms with Crippen LogP contribution in [0.4, 0.5) is 17.1 Å². The molecule has 0 unspecified atom stereocenters. The number of benzene rings is 9. The molecule has 0 amide bonds. The Kier molecular flexibility index (Phi) is 6.61. The van der Waals surface area contributed by atoms with Crippen molar-refractivity contribution in [3.05, 3.63) is 212 Å². The Morgan fingerprint density at radius 3 is 1.69 bits per heavy atom. The third-order valence-electron chi connectivity index (χ3n) is 10.2. The van der Waals surface area contributed by atoms with Gasteiger partial charge in [-0.05, 0) is 92.2 Å². The lowest BCUT2D eigenvalue weighted by molar-refractivity contribution is 0.670. The van der Waals surface area contributed by atoms with Gasteiger partial charge in [0.05, 0.1) is 6.85 Å². The van der Waals surface area contributed by atoms with E-state index in [4.69, 9.17) is 11.3 Å². The quantitative estimate of drug-likeness (QED) is 0.165. The molecule has 0 N–H and O–H groups in total. The minimum absolute atomic E-state index is 0.194. The van der Waals surface area contributed by atoms with E-state index in [1.54, 1.807) is 0 Å². The lowest BCUT2D eigenvalue weighted by Crippen LogP contribution is -2.10. The van der Waals surface area contributed by atoms with Gasteiger partial charge in [-0.2, -0.15) is 0 Å². The van der Waals surface area contributed by atoms with Gasteiger partial charge in [0, 0.05) is 33.4 Å². The van der Waals surface area contributed by atoms with Gasteiger partial charge in [0.2, 0.25) is 0 Å². The fourth-order valence-electron chi connectivity index (χ4n) is 7.53. The van der Waals surface area contributed by atoms with Crippen molar-refractivity contribution in [3.63, 3.8) is 0 Å². The molecule has 0 fully saturated rings. The van der Waals surface area contributed by atoms with E-state index in [2.05, 4.69) is 144 Å². The lowest BCUT2D eigenvalue weighted by atomic mass is 9.97. The van der Waals surface area contributed by atoms with Gasteiger partial charge in [0.25, 0.3) is 0 Å². The summed E-state index contributed by atoms with van der Waals surface area (Å²) in [5, 5.41) is 4.59. The molecule has 0 spiro atoms. The van der Waals surface area contributed by atoms with E-state index in [0.29, 0.717) is 5.56 Å². The van der Waals surface area contributed by atoms with Gasteiger partial charge in [-0.3, -0.25) is 0 Å². The predicted octanol–water partition coefficient (Wildman–Crippen LogP) is 14.9. The Morgan fingerprint density at radius 2 is 0.926 bits per heavy atom. The van der Waals surface area contributed by atoms with Crippen molar-refractivity contribution < 1.29 is 11.3 Å². The van der Waals surface area contributed by atoms with Crippen LogP contribution in [0.2, 0.25) is 0 Å². The monoisotopic (exact) mass is 694 g/mol. The molecule has 0 saturated heterocycles. The van der Waals surface area contributed by atoms with E-state index in [9.17, 15) is 0 Å². The van der Waals surface area contributed by atoms with Crippen LogP contribution in [-0.4, -0.2) is 0 Å². The summed E-state index contributed by atoms with van der Waals surface area (Å²) in [6.07, 6.45) is 0. The Morgan fingerprint density at radius 1 is 0.370 bits per heavy atom. The van der Waals surface area contributed by atoms with Crippen LogP contribution in [0.5, 0.6) is 0 Å². The summed E-state index contributed by atoms with van der Waals surface area (Å²) in [6, 6.07) is 61.1. The predicted molar refractivity (Wildman–Crippen MR) is 228 cm³/mol. The summed E-state index contributed by atoms with van der Waals surface area (Å²) < 4.78 is 47.4. The molecule has 10 aromatic rings. The maximum Gasteiger partial charge on any atom is 0.143 e. The standard InChI is InChI=1S/C52H35NO/c1-2-11-36(12-3-1)37-23-25-38(26-24-37)39-27-31-43(32-28-39)53(45-16-8-15-42(35-45)47-19-9-14-40-13-4-5-17-46(40)47)44-33-29-41(30-34-44)48-20-10-21-50-49-18-6-7-22-51(49)54-52(48)50/h1-35H/i1D,2D,3D,11D,12D. The van der Waals surface area contributed by atoms with Crippen LogP contribution in [0.3, 0.4) is 0 Å². The Bertz CT molecular complexity index is 3170. The van der Waals surface area contributed by atoms with Gasteiger partial charge >= 0.3 is 0 Å². The van der Waals surface area contributed by atoms with Crippen LogP contribution in [0.1, 0.15) is 6.85 Å². The molecule has 2 nitrogen and oxygen atoms in total. The van der Waals surface area contributed by atoms with Crippen LogP contribution < -0.4 is 4.90 Å². The first-order valence-corrected chi connectivity index (χ1v) is 18.0. The van der Waals surface area contributed by atoms with Crippen LogP contribution in [0.15, 0.2) is 217 Å². The second kappa shape index (κ2) is 13.4. The lowest BCUT2D eigenvalue weighted by Gasteiger charge is -2.26. The Labute approximate surface area is 321 Å². The minimum Gasteiger partial charge on any atom is -0.455 e. The molecular weight excluding hydrogens is 655 g/mol. The van der Waals surface area contributed by atoms with Gasteiger partial charge in [-0.15, -0.1) is 0 Å². The van der Waals surface area contributed by atoms with Crippen molar-refractivity contribution in [3.8, 4) is 44.5 Å². The highest BCUT2D eigenvalue weighted by Gasteiger charge is 2.17. The highest BCUT2D eigenvalue weighted by Crippen LogP contribution is 2.41. The maximum atomic E-state index is 8.42. The molecule has 0 aliphatic heterocycles. The van der Waals surface area contributed by atoms with Crippen LogP contribution in [0, 0.1) is 0 Å². The minimum atomic E-state index is -0.397. The number of fused-ring (bicyclic) bond motifs is 4. The van der Waals surface area contributed by atoms with Gasteiger partial charge in [-0.25, -0.2) is 0 Å². The van der Waals surface area contributed by atoms with Crippen molar-refractivity contribution in [2.24, 2.45) is 0 Å². The molecule has 1 heterocycles. The molecule has 54 heavy (non-hydrogen) atoms. The molecule has 0 atom stereocenters. The van der Waals surface area contributed by atoms with E-state index in [1.165, 1.54) is 16.3 Å². The molecule has 0 aliphatic carbocycles. The van der Waals surface area contributed by atoms with Crippen molar-refractivity contribution in [1.82, 2.24) is 0 Å². The van der Waals surface area contributed by atoms with Crippen molar-refractivity contribution in [1.29, 1.82) is 0 Å². The molecule has 10 rings (SSSR count). The van der Waals surface area contributed by atoms with Gasteiger partial charge in [0.15, 0.2) is 0 Å². The second-order valence-electron chi connectivity index (χ2n) is 13.4. The summed E-state index contributed by atoms with van der Waals surface area (Å²) in [5.74, 6) is 0. The largest absolute Gasteiger partial charge is 0.455 e. The molecule has 254 valence electrons. The third-order valence-corrected chi connectivity index (χ3v) is 10.2. The van der Waals surface area contributed by atoms with E-state index >= 15 is 0 Å². The van der Waals surface area contributed by atoms with E-state index < -0.39 is 6.04 Å². The van der Waals surface area contributed by atoms with Crippen molar-refractivity contribution in [2.45, 2.75) is 0 Å². The molecule has 2 heteroatoms. The highest BCUT2D eigenvalue weighted by molar-refractivity contribution is 6.09. The number of rotatable bonds is 7. The molecule has 0 saturated carbocycles. The first-order valence-electron chi connectivity index (χ1n) is 20.5. The van der Waals surface area contributed by atoms with Gasteiger partial charge < -0.3 is 9.32 Å². The van der Waals surface area contributed by atoms with E-state index in [0.717, 1.165) is 66.8 Å². The molecule has 0 bridgehead atoms. The number of hydrogen-bond donors (Lipinski definition) is 0. The zero-order valence-corrected chi connectivity index (χ0v) is 29.2. The van der Waals surface area contributed by atoms with Crippen molar-refractivity contribution >= 4 is 49.8 Å². The van der Waals surface area contributed by atoms with Crippen molar-refractivity contribution in [2.75, 3.05) is 4.90 Å². The summed E-state index contributed by atoms with van der Waals surface area (Å²) in [6.45, 7) is 0. The number of para-hydroxylation sites is 2. The smallest absolute Gasteiger partial charge is 0.143 e. The fraction of sp³-hybridized carbons (Fsp3) is 0. The normalized spacial score (nSPS) is 12.6. The summed E-state index contributed by atoms with van der Waals surface area (Å²) in [5.41, 5.74) is 11.8. The zero-order valence-electron chi connectivity index (χ0n) is 34.2. The van der Waals surface area contributed by atoms with E-state index in [1.807, 2.05) is 42.5 Å². The zero-order chi connectivity index (χ0) is 40.2. The second-order valence-corrected chi connectivity index (χ2v) is 13.4. The molecule has 1 aromatic heterocycles. The van der Waals surface area contributed by atoms with Crippen LogP contribution in [-0.2, 0) is 0 Å². The van der Waals surface area contributed by atoms with Crippen LogP contribution in [0.25, 0.3) is 77.2 Å². The topological polar surface area (TPSA) is 16.4 Å². The van der Waals surface area contributed by atoms with Gasteiger partial charge in [-0.1, -0.05) is 170 Å². The molecule has 9 aromatic carbocycles. The molecular formula is C52H35NO. The first kappa shape index (κ1) is 26.6. The average Bonchev–Trinajstić information content (AvgIpc) is 3.68. The summed E-state index contributed by atoms with van der Waals surface area (Å²) in [4.78, 5) is 2.27. The molecule has 0 aliphatic rings. The summed E-state index contributed by atoms with van der Waals surface area (Å²) >= 11 is 0. The van der Waals surface area contributed by atoms with Crippen LogP contribution >= 0.6 is 0 Å². The first-order chi connectivity index (χ1) is 28.8. The molecule has 0 radical (unpaired) electrons. The third kappa shape index (κ3) is 5.71. The average molecular weight is 695 g/mol. The van der Waals surface area contributed by atoms with E-state index in [-0.39, 0.29) is 29.7 Å². The number of nitrogens with zero attached hydrogens (tertiary/aromatic N) is 1. The highest BCUT2D eigenvalue weighted by atomic mass is 16.3. The Balaban J connectivity index is 1.04.